The molecule has 1 aliphatic rings. The van der Waals surface area contributed by atoms with Crippen molar-refractivity contribution in [1.29, 1.82) is 0 Å². The molecule has 16 heavy (non-hydrogen) atoms. The highest BCUT2D eigenvalue weighted by atomic mass is 35.5. The molecule has 0 radical (unpaired) electrons. The fourth-order valence-electron chi connectivity index (χ4n) is 1.83. The number of amides is 1. The third-order valence-electron chi connectivity index (χ3n) is 2.78. The fourth-order valence-corrected chi connectivity index (χ4v) is 3.25. The Morgan fingerprint density at radius 3 is 2.62 bits per heavy atom. The van der Waals surface area contributed by atoms with Crippen molar-refractivity contribution in [3.8, 4) is 0 Å². The van der Waals surface area contributed by atoms with E-state index < -0.39 is 0 Å². The lowest BCUT2D eigenvalue weighted by atomic mass is 10.1. The summed E-state index contributed by atoms with van der Waals surface area (Å²) < 4.78 is 0. The van der Waals surface area contributed by atoms with E-state index in [1.807, 2.05) is 43.1 Å². The number of carbonyl (C=O) groups excluding carboxylic acids is 1. The van der Waals surface area contributed by atoms with Crippen molar-refractivity contribution in [3.05, 3.63) is 34.9 Å². The van der Waals surface area contributed by atoms with Crippen LogP contribution < -0.4 is 0 Å². The SMILES string of the molecule is CC1CSC(c2ccc(Cl)cc2)N(C)C1=O. The van der Waals surface area contributed by atoms with Crippen molar-refractivity contribution in [3.63, 3.8) is 0 Å². The summed E-state index contributed by atoms with van der Waals surface area (Å²) in [6, 6.07) is 7.71. The minimum atomic E-state index is 0.124. The van der Waals surface area contributed by atoms with Gasteiger partial charge in [-0.2, -0.15) is 0 Å². The number of thioether (sulfide) groups is 1. The lowest BCUT2D eigenvalue weighted by Gasteiger charge is -2.35. The van der Waals surface area contributed by atoms with Crippen molar-refractivity contribution < 1.29 is 4.79 Å². The number of hydrogen-bond acceptors (Lipinski definition) is 2. The summed E-state index contributed by atoms with van der Waals surface area (Å²) in [6.07, 6.45) is 0. The maximum atomic E-state index is 11.9. The summed E-state index contributed by atoms with van der Waals surface area (Å²) in [7, 11) is 1.87. The van der Waals surface area contributed by atoms with E-state index in [0.29, 0.717) is 0 Å². The molecule has 1 aromatic rings. The van der Waals surface area contributed by atoms with E-state index in [1.54, 1.807) is 11.8 Å². The Morgan fingerprint density at radius 2 is 2.00 bits per heavy atom. The van der Waals surface area contributed by atoms with Crippen LogP contribution >= 0.6 is 23.4 Å². The Kier molecular flexibility index (Phi) is 3.45. The minimum absolute atomic E-state index is 0.124. The molecule has 0 aromatic heterocycles. The van der Waals surface area contributed by atoms with Gasteiger partial charge in [-0.3, -0.25) is 4.79 Å². The summed E-state index contributed by atoms with van der Waals surface area (Å²) in [6.45, 7) is 1.98. The molecule has 2 nitrogen and oxygen atoms in total. The second-order valence-electron chi connectivity index (χ2n) is 4.09. The van der Waals surface area contributed by atoms with Gasteiger partial charge < -0.3 is 4.90 Å². The molecule has 1 fully saturated rings. The molecule has 0 bridgehead atoms. The highest BCUT2D eigenvalue weighted by Crippen LogP contribution is 2.38. The normalized spacial score (nSPS) is 25.9. The van der Waals surface area contributed by atoms with Crippen LogP contribution in [-0.2, 0) is 4.79 Å². The van der Waals surface area contributed by atoms with Gasteiger partial charge in [-0.15, -0.1) is 11.8 Å². The average molecular weight is 256 g/mol. The summed E-state index contributed by atoms with van der Waals surface area (Å²) in [5, 5.41) is 0.855. The first-order valence-electron chi connectivity index (χ1n) is 5.23. The fraction of sp³-hybridized carbons (Fsp3) is 0.417. The van der Waals surface area contributed by atoms with Crippen molar-refractivity contribution in [2.45, 2.75) is 12.3 Å². The minimum Gasteiger partial charge on any atom is -0.329 e. The van der Waals surface area contributed by atoms with Gasteiger partial charge in [0.1, 0.15) is 5.37 Å². The Labute approximate surface area is 105 Å². The highest BCUT2D eigenvalue weighted by Gasteiger charge is 2.31. The first kappa shape index (κ1) is 11.8. The smallest absolute Gasteiger partial charge is 0.227 e. The van der Waals surface area contributed by atoms with E-state index in [0.717, 1.165) is 16.3 Å². The van der Waals surface area contributed by atoms with Crippen LogP contribution in [0.3, 0.4) is 0 Å². The molecule has 1 aliphatic heterocycles. The Hall–Kier alpha value is -0.670. The van der Waals surface area contributed by atoms with Crippen LogP contribution in [0.25, 0.3) is 0 Å². The predicted molar refractivity (Wildman–Crippen MR) is 68.6 cm³/mol. The second kappa shape index (κ2) is 4.68. The van der Waals surface area contributed by atoms with Gasteiger partial charge in [0, 0.05) is 23.7 Å². The maximum absolute atomic E-state index is 11.9. The zero-order chi connectivity index (χ0) is 11.7. The molecule has 1 amide bonds. The monoisotopic (exact) mass is 255 g/mol. The Bertz CT molecular complexity index is 393. The molecule has 0 spiro atoms. The molecule has 0 N–H and O–H groups in total. The largest absolute Gasteiger partial charge is 0.329 e. The van der Waals surface area contributed by atoms with Gasteiger partial charge in [0.2, 0.25) is 5.91 Å². The molecule has 2 rings (SSSR count). The number of carbonyl (C=O) groups is 1. The third-order valence-corrected chi connectivity index (χ3v) is 4.63. The van der Waals surface area contributed by atoms with E-state index in [1.165, 1.54) is 0 Å². The summed E-state index contributed by atoms with van der Waals surface area (Å²) >= 11 is 7.66. The maximum Gasteiger partial charge on any atom is 0.227 e. The van der Waals surface area contributed by atoms with E-state index in [-0.39, 0.29) is 17.2 Å². The van der Waals surface area contributed by atoms with Crippen LogP contribution in [0.15, 0.2) is 24.3 Å². The number of halogens is 1. The molecule has 0 saturated carbocycles. The highest BCUT2D eigenvalue weighted by molar-refractivity contribution is 7.99. The van der Waals surface area contributed by atoms with Crippen LogP contribution in [0, 0.1) is 5.92 Å². The molecule has 2 unspecified atom stereocenters. The summed E-state index contributed by atoms with van der Waals surface area (Å²) in [5.41, 5.74) is 1.14. The molecule has 1 saturated heterocycles. The molecule has 1 aromatic carbocycles. The predicted octanol–water partition coefficient (Wildman–Crippen LogP) is 3.18. The Morgan fingerprint density at radius 1 is 1.38 bits per heavy atom. The lowest BCUT2D eigenvalue weighted by molar-refractivity contribution is -0.134. The molecule has 1 heterocycles. The average Bonchev–Trinajstić information content (AvgIpc) is 2.28. The van der Waals surface area contributed by atoms with Gasteiger partial charge in [0.15, 0.2) is 0 Å². The van der Waals surface area contributed by atoms with Crippen LogP contribution in [-0.4, -0.2) is 23.6 Å². The van der Waals surface area contributed by atoms with Gasteiger partial charge >= 0.3 is 0 Å². The first-order valence-corrected chi connectivity index (χ1v) is 6.66. The van der Waals surface area contributed by atoms with Crippen molar-refractivity contribution in [1.82, 2.24) is 4.90 Å². The van der Waals surface area contributed by atoms with Crippen molar-refractivity contribution in [2.75, 3.05) is 12.8 Å². The van der Waals surface area contributed by atoms with Crippen LogP contribution in [0.4, 0.5) is 0 Å². The molecular weight excluding hydrogens is 242 g/mol. The van der Waals surface area contributed by atoms with Crippen LogP contribution in [0.5, 0.6) is 0 Å². The van der Waals surface area contributed by atoms with E-state index in [9.17, 15) is 4.79 Å². The standard InChI is InChI=1S/C12H14ClNOS/c1-8-7-16-12(14(2)11(8)15)9-3-5-10(13)6-4-9/h3-6,8,12H,7H2,1-2H3. The molecular formula is C12H14ClNOS. The van der Waals surface area contributed by atoms with Gasteiger partial charge in [0.05, 0.1) is 0 Å². The van der Waals surface area contributed by atoms with Gasteiger partial charge in [-0.25, -0.2) is 0 Å². The zero-order valence-electron chi connectivity index (χ0n) is 9.31. The molecule has 2 atom stereocenters. The van der Waals surface area contributed by atoms with Gasteiger partial charge in [-0.05, 0) is 17.7 Å². The van der Waals surface area contributed by atoms with Crippen LogP contribution in [0.1, 0.15) is 17.9 Å². The van der Waals surface area contributed by atoms with Crippen molar-refractivity contribution in [2.24, 2.45) is 5.92 Å². The summed E-state index contributed by atoms with van der Waals surface area (Å²) in [5.74, 6) is 1.23. The van der Waals surface area contributed by atoms with E-state index in [4.69, 9.17) is 11.6 Å². The van der Waals surface area contributed by atoms with Crippen molar-refractivity contribution >= 4 is 29.3 Å². The van der Waals surface area contributed by atoms with Gasteiger partial charge in [-0.1, -0.05) is 30.7 Å². The number of benzene rings is 1. The molecule has 4 heteroatoms. The van der Waals surface area contributed by atoms with E-state index >= 15 is 0 Å². The van der Waals surface area contributed by atoms with E-state index in [2.05, 4.69) is 0 Å². The molecule has 0 aliphatic carbocycles. The third kappa shape index (κ3) is 2.20. The molecule has 86 valence electrons. The number of hydrogen-bond donors (Lipinski definition) is 0. The quantitative estimate of drug-likeness (QED) is 0.768. The first-order chi connectivity index (χ1) is 7.59. The number of nitrogens with zero attached hydrogens (tertiary/aromatic N) is 1. The second-order valence-corrected chi connectivity index (χ2v) is 5.64. The summed E-state index contributed by atoms with van der Waals surface area (Å²) in [4.78, 5) is 13.7. The Balaban J connectivity index is 2.21. The topological polar surface area (TPSA) is 20.3 Å². The zero-order valence-corrected chi connectivity index (χ0v) is 10.9. The number of rotatable bonds is 1. The van der Waals surface area contributed by atoms with Crippen LogP contribution in [0.2, 0.25) is 5.02 Å². The van der Waals surface area contributed by atoms with Gasteiger partial charge in [0.25, 0.3) is 0 Å². The lowest BCUT2D eigenvalue weighted by Crippen LogP contribution is -2.39.